The molecule has 0 radical (unpaired) electrons. The van der Waals surface area contributed by atoms with Gasteiger partial charge in [0.25, 0.3) is 5.91 Å². The number of carbonyl (C=O) groups excluding carboxylic acids is 1. The Morgan fingerprint density at radius 3 is 2.23 bits per heavy atom. The monoisotopic (exact) mass is 320 g/mol. The largest absolute Gasteiger partial charge is 0.399 e. The van der Waals surface area contributed by atoms with Crippen LogP contribution in [0.5, 0.6) is 0 Å². The molecular formula is C18H25ClN2O. The minimum Gasteiger partial charge on any atom is -0.399 e. The van der Waals surface area contributed by atoms with Crippen LogP contribution in [-0.4, -0.2) is 23.9 Å². The van der Waals surface area contributed by atoms with E-state index < -0.39 is 0 Å². The van der Waals surface area contributed by atoms with Gasteiger partial charge in [-0.25, -0.2) is 0 Å². The van der Waals surface area contributed by atoms with Crippen LogP contribution in [0.15, 0.2) is 24.3 Å². The van der Waals surface area contributed by atoms with E-state index in [4.69, 9.17) is 5.73 Å². The average Bonchev–Trinajstić information content (AvgIpc) is 2.45. The van der Waals surface area contributed by atoms with E-state index in [2.05, 4.69) is 0 Å². The minimum atomic E-state index is 0. The number of hydrogen-bond donors (Lipinski definition) is 1. The van der Waals surface area contributed by atoms with Gasteiger partial charge in [0.05, 0.1) is 0 Å². The molecule has 4 saturated carbocycles. The van der Waals surface area contributed by atoms with Crippen LogP contribution >= 0.6 is 12.4 Å². The van der Waals surface area contributed by atoms with Crippen molar-refractivity contribution in [3.05, 3.63) is 29.8 Å². The predicted octanol–water partition coefficient (Wildman–Crippen LogP) is 3.59. The van der Waals surface area contributed by atoms with Gasteiger partial charge in [-0.2, -0.15) is 0 Å². The van der Waals surface area contributed by atoms with Gasteiger partial charge in [0.2, 0.25) is 0 Å². The van der Waals surface area contributed by atoms with E-state index in [0.29, 0.717) is 11.7 Å². The van der Waals surface area contributed by atoms with Gasteiger partial charge in [-0.1, -0.05) is 6.07 Å². The first-order chi connectivity index (χ1) is 10.1. The molecule has 4 aliphatic rings. The molecule has 4 fully saturated rings. The maximum atomic E-state index is 12.8. The zero-order valence-corrected chi connectivity index (χ0v) is 13.9. The second-order valence-electron chi connectivity index (χ2n) is 7.46. The molecule has 0 aromatic heterocycles. The molecule has 0 unspecified atom stereocenters. The van der Waals surface area contributed by atoms with Crippen LogP contribution in [0.2, 0.25) is 0 Å². The van der Waals surface area contributed by atoms with Crippen molar-refractivity contribution in [2.24, 2.45) is 23.7 Å². The molecule has 4 heteroatoms. The lowest BCUT2D eigenvalue weighted by Gasteiger charge is -2.56. The molecule has 3 nitrogen and oxygen atoms in total. The normalized spacial score (nSPS) is 35.0. The van der Waals surface area contributed by atoms with Crippen LogP contribution in [-0.2, 0) is 0 Å². The Balaban J connectivity index is 0.00000144. The third kappa shape index (κ3) is 2.50. The second-order valence-corrected chi connectivity index (χ2v) is 7.46. The van der Waals surface area contributed by atoms with E-state index in [1.807, 2.05) is 30.1 Å². The Labute approximate surface area is 138 Å². The fraction of sp³-hybridized carbons (Fsp3) is 0.611. The molecule has 4 bridgehead atoms. The lowest BCUT2D eigenvalue weighted by atomic mass is 9.54. The van der Waals surface area contributed by atoms with E-state index >= 15 is 0 Å². The fourth-order valence-electron chi connectivity index (χ4n) is 5.54. The highest BCUT2D eigenvalue weighted by atomic mass is 35.5. The van der Waals surface area contributed by atoms with E-state index in [0.717, 1.165) is 29.2 Å². The molecule has 1 aromatic carbocycles. The molecule has 0 aliphatic heterocycles. The first kappa shape index (κ1) is 15.7. The Hall–Kier alpha value is -1.22. The number of benzene rings is 1. The summed E-state index contributed by atoms with van der Waals surface area (Å²) in [5.74, 6) is 3.49. The zero-order chi connectivity index (χ0) is 14.6. The van der Waals surface area contributed by atoms with Crippen molar-refractivity contribution < 1.29 is 4.79 Å². The number of hydrogen-bond acceptors (Lipinski definition) is 2. The topological polar surface area (TPSA) is 46.3 Å². The van der Waals surface area contributed by atoms with Crippen molar-refractivity contribution in [2.45, 2.75) is 38.1 Å². The molecule has 0 heterocycles. The smallest absolute Gasteiger partial charge is 0.253 e. The van der Waals surface area contributed by atoms with Gasteiger partial charge >= 0.3 is 0 Å². The molecule has 1 amide bonds. The van der Waals surface area contributed by atoms with Crippen molar-refractivity contribution in [1.82, 2.24) is 4.90 Å². The molecule has 0 atom stereocenters. The summed E-state index contributed by atoms with van der Waals surface area (Å²) in [5, 5.41) is 0. The van der Waals surface area contributed by atoms with Gasteiger partial charge in [-0.05, 0) is 74.0 Å². The number of anilines is 1. The molecule has 4 aliphatic carbocycles. The Bertz CT molecular complexity index is 546. The Morgan fingerprint density at radius 1 is 1.09 bits per heavy atom. The van der Waals surface area contributed by atoms with Crippen LogP contribution in [0.25, 0.3) is 0 Å². The maximum absolute atomic E-state index is 12.8. The minimum absolute atomic E-state index is 0. The van der Waals surface area contributed by atoms with Crippen LogP contribution in [0.3, 0.4) is 0 Å². The summed E-state index contributed by atoms with van der Waals surface area (Å²) in [5.41, 5.74) is 7.21. The van der Waals surface area contributed by atoms with Crippen molar-refractivity contribution in [2.75, 3.05) is 12.8 Å². The van der Waals surface area contributed by atoms with E-state index in [1.165, 1.54) is 32.1 Å². The van der Waals surface area contributed by atoms with Crippen molar-refractivity contribution in [3.8, 4) is 0 Å². The van der Waals surface area contributed by atoms with Crippen LogP contribution in [0, 0.1) is 23.7 Å². The standard InChI is InChI=1S/C18H24N2O.ClH/c1-20(18(21)13-3-2-4-16(19)10-13)17-14-6-11-5-12(8-14)9-15(17)7-11;/h2-4,10-12,14-15,17H,5-9,19H2,1H3;1H. The van der Waals surface area contributed by atoms with Crippen molar-refractivity contribution in [1.29, 1.82) is 0 Å². The molecule has 22 heavy (non-hydrogen) atoms. The summed E-state index contributed by atoms with van der Waals surface area (Å²) in [7, 11) is 2.00. The molecular weight excluding hydrogens is 296 g/mol. The van der Waals surface area contributed by atoms with Gasteiger partial charge in [0, 0.05) is 24.3 Å². The number of halogens is 1. The number of nitrogens with zero attached hydrogens (tertiary/aromatic N) is 1. The fourth-order valence-corrected chi connectivity index (χ4v) is 5.54. The molecule has 1 aromatic rings. The summed E-state index contributed by atoms with van der Waals surface area (Å²) >= 11 is 0. The number of nitrogen functional groups attached to an aromatic ring is 1. The van der Waals surface area contributed by atoms with Crippen LogP contribution in [0.4, 0.5) is 5.69 Å². The average molecular weight is 321 g/mol. The number of nitrogens with two attached hydrogens (primary N) is 1. The van der Waals surface area contributed by atoms with E-state index in [-0.39, 0.29) is 18.3 Å². The van der Waals surface area contributed by atoms with Gasteiger partial charge in [-0.15, -0.1) is 12.4 Å². The highest BCUT2D eigenvalue weighted by Gasteiger charge is 2.50. The predicted molar refractivity (Wildman–Crippen MR) is 91.0 cm³/mol. The maximum Gasteiger partial charge on any atom is 0.253 e. The van der Waals surface area contributed by atoms with E-state index in [1.54, 1.807) is 6.07 Å². The van der Waals surface area contributed by atoms with E-state index in [9.17, 15) is 4.79 Å². The first-order valence-electron chi connectivity index (χ1n) is 8.24. The van der Waals surface area contributed by atoms with Gasteiger partial charge in [-0.3, -0.25) is 4.79 Å². The Kier molecular flexibility index (Phi) is 4.11. The summed E-state index contributed by atoms with van der Waals surface area (Å²) in [6, 6.07) is 7.83. The molecule has 0 spiro atoms. The van der Waals surface area contributed by atoms with Gasteiger partial charge in [0.15, 0.2) is 0 Å². The first-order valence-corrected chi connectivity index (χ1v) is 8.24. The lowest BCUT2D eigenvalue weighted by Crippen LogP contribution is -2.56. The van der Waals surface area contributed by atoms with Crippen molar-refractivity contribution >= 4 is 24.0 Å². The van der Waals surface area contributed by atoms with Crippen LogP contribution in [0.1, 0.15) is 42.5 Å². The molecule has 2 N–H and O–H groups in total. The summed E-state index contributed by atoms with van der Waals surface area (Å²) in [4.78, 5) is 14.8. The van der Waals surface area contributed by atoms with Crippen LogP contribution < -0.4 is 5.73 Å². The second kappa shape index (κ2) is 5.77. The Morgan fingerprint density at radius 2 is 1.68 bits per heavy atom. The lowest BCUT2D eigenvalue weighted by molar-refractivity contribution is -0.0491. The van der Waals surface area contributed by atoms with Gasteiger partial charge < -0.3 is 10.6 Å². The highest BCUT2D eigenvalue weighted by molar-refractivity contribution is 5.95. The third-order valence-corrected chi connectivity index (χ3v) is 6.08. The molecule has 0 saturated heterocycles. The van der Waals surface area contributed by atoms with Crippen molar-refractivity contribution in [3.63, 3.8) is 0 Å². The quantitative estimate of drug-likeness (QED) is 0.846. The highest BCUT2D eigenvalue weighted by Crippen LogP contribution is 2.55. The SMILES string of the molecule is CN(C(=O)c1cccc(N)c1)C1C2CC3CC(C2)CC1C3.Cl. The number of amides is 1. The summed E-state index contributed by atoms with van der Waals surface area (Å²) in [6.45, 7) is 0. The zero-order valence-electron chi connectivity index (χ0n) is 13.1. The number of rotatable bonds is 2. The molecule has 120 valence electrons. The van der Waals surface area contributed by atoms with Gasteiger partial charge in [0.1, 0.15) is 0 Å². The summed E-state index contributed by atoms with van der Waals surface area (Å²) < 4.78 is 0. The molecule has 5 rings (SSSR count). The number of carbonyl (C=O) groups is 1. The summed E-state index contributed by atoms with van der Waals surface area (Å²) in [6.07, 6.45) is 6.81. The third-order valence-electron chi connectivity index (χ3n) is 6.08.